The van der Waals surface area contributed by atoms with Gasteiger partial charge in [0.05, 0.1) is 0 Å². The number of aromatic amines is 1. The molecular formula is C9H15N5O. The first-order valence-corrected chi connectivity index (χ1v) is 5.05. The first kappa shape index (κ1) is 9.95. The number of rotatable bonds is 3. The van der Waals surface area contributed by atoms with E-state index in [2.05, 4.69) is 27.4 Å². The Morgan fingerprint density at radius 3 is 2.87 bits per heavy atom. The first-order chi connectivity index (χ1) is 7.09. The van der Waals surface area contributed by atoms with Gasteiger partial charge < -0.3 is 11.1 Å². The summed E-state index contributed by atoms with van der Waals surface area (Å²) in [4.78, 5) is 15.3. The number of hydrogen-bond donors (Lipinski definition) is 3. The van der Waals surface area contributed by atoms with Crippen LogP contribution in [0.15, 0.2) is 0 Å². The Hall–Kier alpha value is -1.59. The molecule has 0 bridgehead atoms. The van der Waals surface area contributed by atoms with E-state index in [4.69, 9.17) is 5.73 Å². The SMILES string of the molecule is CC1(CNC(=O)c2nc(N)n[nH]2)CCC1. The number of anilines is 1. The summed E-state index contributed by atoms with van der Waals surface area (Å²) < 4.78 is 0. The summed E-state index contributed by atoms with van der Waals surface area (Å²) in [6, 6.07) is 0. The van der Waals surface area contributed by atoms with Gasteiger partial charge in [0.1, 0.15) is 0 Å². The predicted octanol–water partition coefficient (Wildman–Crippen LogP) is 0.307. The maximum Gasteiger partial charge on any atom is 0.288 e. The molecular weight excluding hydrogens is 194 g/mol. The lowest BCUT2D eigenvalue weighted by molar-refractivity contribution is 0.0881. The van der Waals surface area contributed by atoms with Crippen molar-refractivity contribution in [1.29, 1.82) is 0 Å². The average Bonchev–Trinajstić information content (AvgIpc) is 2.58. The van der Waals surface area contributed by atoms with Crippen molar-refractivity contribution in [3.8, 4) is 0 Å². The van der Waals surface area contributed by atoms with Gasteiger partial charge in [-0.25, -0.2) is 0 Å². The lowest BCUT2D eigenvalue weighted by Gasteiger charge is -2.38. The Kier molecular flexibility index (Phi) is 2.34. The van der Waals surface area contributed by atoms with Gasteiger partial charge in [-0.3, -0.25) is 9.89 Å². The van der Waals surface area contributed by atoms with Crippen LogP contribution >= 0.6 is 0 Å². The zero-order valence-electron chi connectivity index (χ0n) is 8.71. The van der Waals surface area contributed by atoms with E-state index in [1.165, 1.54) is 19.3 Å². The van der Waals surface area contributed by atoms with Crippen molar-refractivity contribution in [2.24, 2.45) is 5.41 Å². The monoisotopic (exact) mass is 209 g/mol. The summed E-state index contributed by atoms with van der Waals surface area (Å²) in [7, 11) is 0. The number of aromatic nitrogens is 3. The van der Waals surface area contributed by atoms with Gasteiger partial charge in [0.15, 0.2) is 0 Å². The van der Waals surface area contributed by atoms with E-state index in [9.17, 15) is 4.79 Å². The number of nitrogens with one attached hydrogen (secondary N) is 2. The molecule has 82 valence electrons. The maximum absolute atomic E-state index is 11.5. The number of nitrogen functional groups attached to an aromatic ring is 1. The fraction of sp³-hybridized carbons (Fsp3) is 0.667. The molecule has 1 heterocycles. The van der Waals surface area contributed by atoms with E-state index in [-0.39, 0.29) is 23.1 Å². The average molecular weight is 209 g/mol. The Bertz CT molecular complexity index is 368. The highest BCUT2D eigenvalue weighted by Gasteiger charge is 2.32. The summed E-state index contributed by atoms with van der Waals surface area (Å²) in [6.45, 7) is 2.86. The van der Waals surface area contributed by atoms with Crippen LogP contribution in [0.3, 0.4) is 0 Å². The van der Waals surface area contributed by atoms with Crippen LogP contribution in [0.5, 0.6) is 0 Å². The lowest BCUT2D eigenvalue weighted by atomic mass is 9.70. The molecule has 1 aliphatic rings. The zero-order valence-corrected chi connectivity index (χ0v) is 8.71. The number of nitrogens with two attached hydrogens (primary N) is 1. The fourth-order valence-corrected chi connectivity index (χ4v) is 1.71. The molecule has 0 saturated heterocycles. The van der Waals surface area contributed by atoms with E-state index in [0.717, 1.165) is 0 Å². The minimum Gasteiger partial charge on any atom is -0.366 e. The summed E-state index contributed by atoms with van der Waals surface area (Å²) >= 11 is 0. The van der Waals surface area contributed by atoms with Gasteiger partial charge in [-0.15, -0.1) is 5.10 Å². The maximum atomic E-state index is 11.5. The molecule has 15 heavy (non-hydrogen) atoms. The molecule has 1 aliphatic carbocycles. The van der Waals surface area contributed by atoms with Crippen molar-refractivity contribution in [3.63, 3.8) is 0 Å². The summed E-state index contributed by atoms with van der Waals surface area (Å²) in [5.41, 5.74) is 5.57. The normalized spacial score (nSPS) is 18.2. The van der Waals surface area contributed by atoms with Gasteiger partial charge in [-0.1, -0.05) is 13.3 Å². The molecule has 0 unspecified atom stereocenters. The van der Waals surface area contributed by atoms with Crippen LogP contribution in [0.1, 0.15) is 36.8 Å². The molecule has 4 N–H and O–H groups in total. The van der Waals surface area contributed by atoms with Crippen molar-refractivity contribution in [1.82, 2.24) is 20.5 Å². The van der Waals surface area contributed by atoms with Crippen molar-refractivity contribution < 1.29 is 4.79 Å². The van der Waals surface area contributed by atoms with Crippen molar-refractivity contribution >= 4 is 11.9 Å². The van der Waals surface area contributed by atoms with Crippen molar-refractivity contribution in [2.75, 3.05) is 12.3 Å². The zero-order chi connectivity index (χ0) is 10.9. The third-order valence-electron chi connectivity index (χ3n) is 2.95. The highest BCUT2D eigenvalue weighted by molar-refractivity contribution is 5.90. The van der Waals surface area contributed by atoms with Crippen LogP contribution in [-0.4, -0.2) is 27.6 Å². The third kappa shape index (κ3) is 2.08. The molecule has 2 rings (SSSR count). The predicted molar refractivity (Wildman–Crippen MR) is 55.1 cm³/mol. The van der Waals surface area contributed by atoms with E-state index in [1.54, 1.807) is 0 Å². The molecule has 0 atom stereocenters. The van der Waals surface area contributed by atoms with Crippen molar-refractivity contribution in [3.05, 3.63) is 5.82 Å². The lowest BCUT2D eigenvalue weighted by Crippen LogP contribution is -2.40. The number of carbonyl (C=O) groups excluding carboxylic acids is 1. The van der Waals surface area contributed by atoms with Gasteiger partial charge in [0.25, 0.3) is 5.91 Å². The summed E-state index contributed by atoms with van der Waals surface area (Å²) in [5, 5.41) is 8.90. The Morgan fingerprint density at radius 2 is 2.40 bits per heavy atom. The smallest absolute Gasteiger partial charge is 0.288 e. The number of amides is 1. The number of hydrogen-bond acceptors (Lipinski definition) is 4. The number of H-pyrrole nitrogens is 1. The minimum atomic E-state index is -0.243. The van der Waals surface area contributed by atoms with Gasteiger partial charge >= 0.3 is 0 Å². The van der Waals surface area contributed by atoms with Crippen LogP contribution in [0.4, 0.5) is 5.95 Å². The molecule has 1 aromatic rings. The second-order valence-corrected chi connectivity index (χ2v) is 4.39. The Morgan fingerprint density at radius 1 is 1.67 bits per heavy atom. The first-order valence-electron chi connectivity index (χ1n) is 5.05. The van der Waals surface area contributed by atoms with Gasteiger partial charge in [0.2, 0.25) is 11.8 Å². The molecule has 0 spiro atoms. The highest BCUT2D eigenvalue weighted by atomic mass is 16.2. The number of carbonyl (C=O) groups is 1. The quantitative estimate of drug-likeness (QED) is 0.667. The second-order valence-electron chi connectivity index (χ2n) is 4.39. The van der Waals surface area contributed by atoms with E-state index >= 15 is 0 Å². The van der Waals surface area contributed by atoms with Gasteiger partial charge in [-0.05, 0) is 18.3 Å². The molecule has 0 aromatic carbocycles. The Labute approximate surface area is 87.6 Å². The molecule has 1 saturated carbocycles. The third-order valence-corrected chi connectivity index (χ3v) is 2.95. The van der Waals surface area contributed by atoms with Crippen LogP contribution in [0.2, 0.25) is 0 Å². The topological polar surface area (TPSA) is 96.7 Å². The Balaban J connectivity index is 1.87. The molecule has 1 fully saturated rings. The van der Waals surface area contributed by atoms with Gasteiger partial charge in [0, 0.05) is 6.54 Å². The standard InChI is InChI=1S/C9H15N5O/c1-9(3-2-4-9)5-11-7(15)6-12-8(10)14-13-6/h2-5H2,1H3,(H,11,15)(H3,10,12,13,14). The van der Waals surface area contributed by atoms with Crippen LogP contribution in [-0.2, 0) is 0 Å². The largest absolute Gasteiger partial charge is 0.366 e. The highest BCUT2D eigenvalue weighted by Crippen LogP contribution is 2.39. The minimum absolute atomic E-state index is 0.0926. The van der Waals surface area contributed by atoms with Crippen LogP contribution in [0, 0.1) is 5.41 Å². The second kappa shape index (κ2) is 3.52. The van der Waals surface area contributed by atoms with E-state index < -0.39 is 0 Å². The fourth-order valence-electron chi connectivity index (χ4n) is 1.71. The van der Waals surface area contributed by atoms with E-state index in [1.807, 2.05) is 0 Å². The van der Waals surface area contributed by atoms with Crippen molar-refractivity contribution in [2.45, 2.75) is 26.2 Å². The molecule has 1 aromatic heterocycles. The van der Waals surface area contributed by atoms with Crippen LogP contribution < -0.4 is 11.1 Å². The summed E-state index contributed by atoms with van der Waals surface area (Å²) in [6.07, 6.45) is 3.60. The van der Waals surface area contributed by atoms with Crippen LogP contribution in [0.25, 0.3) is 0 Å². The summed E-state index contributed by atoms with van der Waals surface area (Å²) in [5.74, 6) is 0.0257. The molecule has 0 aliphatic heterocycles. The molecule has 0 radical (unpaired) electrons. The number of nitrogens with zero attached hydrogens (tertiary/aromatic N) is 2. The molecule has 6 heteroatoms. The van der Waals surface area contributed by atoms with Gasteiger partial charge in [-0.2, -0.15) is 4.98 Å². The van der Waals surface area contributed by atoms with E-state index in [0.29, 0.717) is 6.54 Å². The molecule has 6 nitrogen and oxygen atoms in total. The molecule has 1 amide bonds.